The summed E-state index contributed by atoms with van der Waals surface area (Å²) in [6, 6.07) is 8.45. The summed E-state index contributed by atoms with van der Waals surface area (Å²) in [5.41, 5.74) is 4.93. The van der Waals surface area contributed by atoms with Crippen molar-refractivity contribution >= 4 is 11.5 Å². The number of hydrogen-bond donors (Lipinski definition) is 1. The minimum absolute atomic E-state index is 0.969. The fraction of sp³-hybridized carbons (Fsp3) is 0.333. The van der Waals surface area contributed by atoms with Crippen LogP contribution in [0.3, 0.4) is 0 Å². The Morgan fingerprint density at radius 2 is 2.21 bits per heavy atom. The molecule has 0 radical (unpaired) electrons. The van der Waals surface area contributed by atoms with Crippen LogP contribution in [0.15, 0.2) is 30.6 Å². The summed E-state index contributed by atoms with van der Waals surface area (Å²) < 4.78 is 2.27. The molecule has 0 bridgehead atoms. The zero-order valence-corrected chi connectivity index (χ0v) is 11.1. The average molecular weight is 253 g/mol. The lowest BCUT2D eigenvalue weighted by Crippen LogP contribution is -2.33. The van der Waals surface area contributed by atoms with E-state index in [0.29, 0.717) is 0 Å². The van der Waals surface area contributed by atoms with E-state index in [9.17, 15) is 0 Å². The highest BCUT2D eigenvalue weighted by atomic mass is 15.3. The number of para-hydroxylation sites is 1. The maximum Gasteiger partial charge on any atom is 0.230 e. The van der Waals surface area contributed by atoms with Gasteiger partial charge in [0.2, 0.25) is 12.1 Å². The summed E-state index contributed by atoms with van der Waals surface area (Å²) >= 11 is 0. The van der Waals surface area contributed by atoms with Crippen molar-refractivity contribution in [3.63, 3.8) is 0 Å². The van der Waals surface area contributed by atoms with Gasteiger partial charge in [-0.2, -0.15) is 0 Å². The summed E-state index contributed by atoms with van der Waals surface area (Å²) in [5.74, 6) is 1.34. The smallest absolute Gasteiger partial charge is 0.230 e. The largest absolute Gasteiger partial charge is 0.384 e. The second kappa shape index (κ2) is 3.95. The molecule has 2 aliphatic heterocycles. The third-order valence-corrected chi connectivity index (χ3v) is 4.06. The topological polar surface area (TPSA) is 32.0 Å². The Balaban J connectivity index is 2.00. The van der Waals surface area contributed by atoms with Gasteiger partial charge in [-0.05, 0) is 18.6 Å². The van der Waals surface area contributed by atoms with Crippen molar-refractivity contribution < 1.29 is 4.57 Å². The number of hydrogen-bond acceptors (Lipinski definition) is 3. The van der Waals surface area contributed by atoms with Gasteiger partial charge in [-0.15, -0.1) is 4.98 Å². The molecule has 0 saturated carbocycles. The van der Waals surface area contributed by atoms with E-state index in [1.165, 1.54) is 22.6 Å². The lowest BCUT2D eigenvalue weighted by molar-refractivity contribution is -0.674. The van der Waals surface area contributed by atoms with E-state index in [2.05, 4.69) is 46.1 Å². The second-order valence-electron chi connectivity index (χ2n) is 5.23. The molecule has 1 aromatic heterocycles. The molecule has 0 aliphatic carbocycles. The molecule has 0 fully saturated rings. The minimum Gasteiger partial charge on any atom is -0.384 e. The molecule has 19 heavy (non-hydrogen) atoms. The van der Waals surface area contributed by atoms with Crippen molar-refractivity contribution in [1.82, 2.24) is 4.98 Å². The van der Waals surface area contributed by atoms with Gasteiger partial charge < -0.3 is 5.32 Å². The van der Waals surface area contributed by atoms with Crippen LogP contribution < -0.4 is 14.8 Å². The molecule has 0 saturated heterocycles. The zero-order chi connectivity index (χ0) is 12.8. The molecule has 0 spiro atoms. The molecular weight excluding hydrogens is 236 g/mol. The van der Waals surface area contributed by atoms with Crippen molar-refractivity contribution in [3.8, 4) is 11.3 Å². The Bertz CT molecular complexity index is 651. The standard InChI is InChI=1S/C15H16N4/c1-18-8-9-19-10-17-14-11-4-2-3-5-13(11)16-7-6-12(14)15(18)19/h2-5,10H,6-9H2,1H3/p+1. The Morgan fingerprint density at radius 1 is 1.32 bits per heavy atom. The van der Waals surface area contributed by atoms with Crippen LogP contribution in [0.5, 0.6) is 0 Å². The van der Waals surface area contributed by atoms with Crippen LogP contribution in [0.2, 0.25) is 0 Å². The Hall–Kier alpha value is -2.10. The molecule has 4 nitrogen and oxygen atoms in total. The number of likely N-dealkylation sites (N-methyl/N-ethyl adjacent to an activating group) is 1. The van der Waals surface area contributed by atoms with Crippen LogP contribution in [-0.2, 0) is 13.0 Å². The zero-order valence-electron chi connectivity index (χ0n) is 11.1. The maximum absolute atomic E-state index is 4.72. The average Bonchev–Trinajstić information content (AvgIpc) is 2.71. The molecule has 1 aromatic carbocycles. The lowest BCUT2D eigenvalue weighted by atomic mass is 10.0. The van der Waals surface area contributed by atoms with Crippen molar-refractivity contribution in [3.05, 3.63) is 36.2 Å². The van der Waals surface area contributed by atoms with Gasteiger partial charge >= 0.3 is 0 Å². The molecule has 4 heteroatoms. The van der Waals surface area contributed by atoms with Gasteiger partial charge in [0.15, 0.2) is 5.69 Å². The van der Waals surface area contributed by atoms with E-state index in [0.717, 1.165) is 31.7 Å². The monoisotopic (exact) mass is 253 g/mol. The number of nitrogens with one attached hydrogen (secondary N) is 1. The first-order valence-electron chi connectivity index (χ1n) is 6.80. The highest BCUT2D eigenvalue weighted by Crippen LogP contribution is 2.35. The Labute approximate surface area is 112 Å². The predicted octanol–water partition coefficient (Wildman–Crippen LogP) is 1.45. The van der Waals surface area contributed by atoms with Gasteiger partial charge in [0.25, 0.3) is 0 Å². The van der Waals surface area contributed by atoms with E-state index in [1.54, 1.807) is 0 Å². The molecule has 96 valence electrons. The normalized spacial score (nSPS) is 16.2. The Kier molecular flexibility index (Phi) is 2.24. The summed E-state index contributed by atoms with van der Waals surface area (Å²) in [4.78, 5) is 7.06. The molecule has 0 atom stereocenters. The first kappa shape index (κ1) is 10.8. The van der Waals surface area contributed by atoms with Gasteiger partial charge in [0, 0.05) is 17.8 Å². The molecule has 1 N–H and O–H groups in total. The van der Waals surface area contributed by atoms with E-state index in [4.69, 9.17) is 4.98 Å². The van der Waals surface area contributed by atoms with E-state index in [1.807, 2.05) is 6.33 Å². The van der Waals surface area contributed by atoms with Crippen LogP contribution in [0.4, 0.5) is 11.5 Å². The summed E-state index contributed by atoms with van der Waals surface area (Å²) in [5, 5.41) is 3.51. The van der Waals surface area contributed by atoms with Gasteiger partial charge in [0.05, 0.1) is 19.2 Å². The first-order chi connectivity index (χ1) is 9.34. The molecule has 2 aromatic rings. The lowest BCUT2D eigenvalue weighted by Gasteiger charge is -2.11. The van der Waals surface area contributed by atoms with Crippen LogP contribution in [-0.4, -0.2) is 25.1 Å². The summed E-state index contributed by atoms with van der Waals surface area (Å²) in [7, 11) is 2.17. The highest BCUT2D eigenvalue weighted by Gasteiger charge is 2.31. The molecule has 2 aliphatic rings. The number of rotatable bonds is 0. The third kappa shape index (κ3) is 1.52. The van der Waals surface area contributed by atoms with E-state index >= 15 is 0 Å². The second-order valence-corrected chi connectivity index (χ2v) is 5.23. The molecular formula is C15H17N4+. The molecule has 4 rings (SSSR count). The molecule has 0 unspecified atom stereocenters. The number of nitrogens with zero attached hydrogens (tertiary/aromatic N) is 3. The first-order valence-corrected chi connectivity index (χ1v) is 6.80. The van der Waals surface area contributed by atoms with E-state index in [-0.39, 0.29) is 0 Å². The van der Waals surface area contributed by atoms with Crippen molar-refractivity contribution in [2.24, 2.45) is 0 Å². The van der Waals surface area contributed by atoms with Gasteiger partial charge in [-0.25, -0.2) is 4.57 Å². The van der Waals surface area contributed by atoms with Crippen molar-refractivity contribution in [2.45, 2.75) is 13.0 Å². The maximum atomic E-state index is 4.72. The fourth-order valence-corrected chi connectivity index (χ4v) is 3.14. The fourth-order valence-electron chi connectivity index (χ4n) is 3.14. The molecule has 3 heterocycles. The van der Waals surface area contributed by atoms with Gasteiger partial charge in [-0.1, -0.05) is 12.1 Å². The number of aromatic nitrogens is 2. The van der Waals surface area contributed by atoms with Crippen molar-refractivity contribution in [1.29, 1.82) is 0 Å². The van der Waals surface area contributed by atoms with Crippen LogP contribution in [0.1, 0.15) is 5.56 Å². The summed E-state index contributed by atoms with van der Waals surface area (Å²) in [6.07, 6.45) is 3.01. The van der Waals surface area contributed by atoms with Gasteiger partial charge in [-0.3, -0.25) is 4.90 Å². The van der Waals surface area contributed by atoms with Crippen LogP contribution >= 0.6 is 0 Å². The van der Waals surface area contributed by atoms with Crippen LogP contribution in [0.25, 0.3) is 11.3 Å². The molecule has 0 amide bonds. The number of fused-ring (bicyclic) bond motifs is 5. The van der Waals surface area contributed by atoms with E-state index < -0.39 is 0 Å². The SMILES string of the molecule is CN1CC[n+]2cnc3c(c21)CCNc1ccccc1-3. The quantitative estimate of drug-likeness (QED) is 0.721. The Morgan fingerprint density at radius 3 is 3.16 bits per heavy atom. The van der Waals surface area contributed by atoms with Crippen molar-refractivity contribution in [2.75, 3.05) is 30.4 Å². The van der Waals surface area contributed by atoms with Gasteiger partial charge in [0.1, 0.15) is 6.54 Å². The third-order valence-electron chi connectivity index (χ3n) is 4.06. The predicted molar refractivity (Wildman–Crippen MR) is 75.3 cm³/mol. The van der Waals surface area contributed by atoms with Crippen LogP contribution in [0, 0.1) is 0 Å². The number of anilines is 2. The number of benzene rings is 1. The highest BCUT2D eigenvalue weighted by molar-refractivity contribution is 5.80. The minimum atomic E-state index is 0.969. The summed E-state index contributed by atoms with van der Waals surface area (Å²) in [6.45, 7) is 3.09.